The predicted molar refractivity (Wildman–Crippen MR) is 56.9 cm³/mol. The summed E-state index contributed by atoms with van der Waals surface area (Å²) < 4.78 is 10.1. The van der Waals surface area contributed by atoms with Gasteiger partial charge in [-0.3, -0.25) is 4.79 Å². The standard InChI is InChI=1S/C10H18N2O4/c1-6(2)9(16-10(11)14)8(13)7-5-12-3-4-15-7/h6-7,9,12H,3-5H2,1-2H3,(H2,11,14). The van der Waals surface area contributed by atoms with Crippen molar-refractivity contribution in [2.45, 2.75) is 26.1 Å². The zero-order valence-electron chi connectivity index (χ0n) is 9.56. The summed E-state index contributed by atoms with van der Waals surface area (Å²) in [7, 11) is 0. The van der Waals surface area contributed by atoms with Gasteiger partial charge in [-0.05, 0) is 5.92 Å². The lowest BCUT2D eigenvalue weighted by atomic mass is 9.99. The van der Waals surface area contributed by atoms with Gasteiger partial charge in [-0.15, -0.1) is 0 Å². The van der Waals surface area contributed by atoms with Crippen molar-refractivity contribution in [1.29, 1.82) is 0 Å². The molecule has 0 saturated carbocycles. The summed E-state index contributed by atoms with van der Waals surface area (Å²) in [5.74, 6) is -0.355. The van der Waals surface area contributed by atoms with Crippen LogP contribution in [0.3, 0.4) is 0 Å². The van der Waals surface area contributed by atoms with Crippen LogP contribution in [-0.4, -0.2) is 43.8 Å². The molecule has 16 heavy (non-hydrogen) atoms. The number of Topliss-reactive ketones (excluding diaryl/α,β-unsaturated/α-hetero) is 1. The Morgan fingerprint density at radius 1 is 1.50 bits per heavy atom. The van der Waals surface area contributed by atoms with E-state index < -0.39 is 18.3 Å². The molecule has 1 rings (SSSR count). The van der Waals surface area contributed by atoms with Crippen LogP contribution in [0.25, 0.3) is 0 Å². The maximum atomic E-state index is 12.0. The predicted octanol–water partition coefficient (Wildman–Crippen LogP) is -0.336. The van der Waals surface area contributed by atoms with E-state index in [1.165, 1.54) is 0 Å². The van der Waals surface area contributed by atoms with E-state index in [4.69, 9.17) is 15.2 Å². The molecule has 0 spiro atoms. The second-order valence-electron chi connectivity index (χ2n) is 4.07. The van der Waals surface area contributed by atoms with Crippen molar-refractivity contribution in [2.75, 3.05) is 19.7 Å². The maximum absolute atomic E-state index is 12.0. The zero-order chi connectivity index (χ0) is 12.1. The van der Waals surface area contributed by atoms with Crippen molar-refractivity contribution >= 4 is 11.9 Å². The van der Waals surface area contributed by atoms with Gasteiger partial charge in [-0.2, -0.15) is 0 Å². The van der Waals surface area contributed by atoms with E-state index in [0.29, 0.717) is 13.2 Å². The van der Waals surface area contributed by atoms with Gasteiger partial charge >= 0.3 is 6.09 Å². The lowest BCUT2D eigenvalue weighted by molar-refractivity contribution is -0.142. The fourth-order valence-electron chi connectivity index (χ4n) is 1.58. The topological polar surface area (TPSA) is 90.7 Å². The number of ketones is 1. The van der Waals surface area contributed by atoms with Gasteiger partial charge in [0.25, 0.3) is 0 Å². The van der Waals surface area contributed by atoms with E-state index in [-0.39, 0.29) is 11.7 Å². The van der Waals surface area contributed by atoms with Crippen LogP contribution in [0.4, 0.5) is 4.79 Å². The Hall–Kier alpha value is -1.14. The number of nitrogens with one attached hydrogen (secondary N) is 1. The van der Waals surface area contributed by atoms with E-state index >= 15 is 0 Å². The van der Waals surface area contributed by atoms with Gasteiger partial charge in [0.05, 0.1) is 6.61 Å². The first-order chi connectivity index (χ1) is 7.52. The molecule has 92 valence electrons. The Bertz CT molecular complexity index is 262. The molecular weight excluding hydrogens is 212 g/mol. The number of nitrogens with two attached hydrogens (primary N) is 1. The lowest BCUT2D eigenvalue weighted by Crippen LogP contribution is -2.49. The van der Waals surface area contributed by atoms with E-state index in [1.54, 1.807) is 13.8 Å². The molecule has 3 N–H and O–H groups in total. The summed E-state index contributed by atoms with van der Waals surface area (Å²) in [5, 5.41) is 3.05. The quantitative estimate of drug-likeness (QED) is 0.689. The van der Waals surface area contributed by atoms with Gasteiger partial charge in [0.2, 0.25) is 5.78 Å². The summed E-state index contributed by atoms with van der Waals surface area (Å²) in [5.41, 5.74) is 4.93. The minimum absolute atomic E-state index is 0.120. The van der Waals surface area contributed by atoms with E-state index in [1.807, 2.05) is 0 Å². The molecule has 1 heterocycles. The fourth-order valence-corrected chi connectivity index (χ4v) is 1.58. The molecule has 1 aliphatic heterocycles. The third-order valence-corrected chi connectivity index (χ3v) is 2.37. The monoisotopic (exact) mass is 230 g/mol. The van der Waals surface area contributed by atoms with Crippen molar-refractivity contribution in [3.63, 3.8) is 0 Å². The molecule has 0 aromatic rings. The highest BCUT2D eigenvalue weighted by Crippen LogP contribution is 2.12. The molecule has 1 aliphatic rings. The molecule has 0 aromatic carbocycles. The number of carbonyl (C=O) groups excluding carboxylic acids is 2. The Balaban J connectivity index is 2.61. The van der Waals surface area contributed by atoms with Gasteiger partial charge in [0, 0.05) is 13.1 Å². The first-order valence-electron chi connectivity index (χ1n) is 5.34. The Morgan fingerprint density at radius 3 is 2.62 bits per heavy atom. The molecule has 1 amide bonds. The summed E-state index contributed by atoms with van der Waals surface area (Å²) in [6, 6.07) is 0. The Morgan fingerprint density at radius 2 is 2.19 bits per heavy atom. The number of hydrogen-bond donors (Lipinski definition) is 2. The van der Waals surface area contributed by atoms with E-state index in [2.05, 4.69) is 5.32 Å². The second-order valence-corrected chi connectivity index (χ2v) is 4.07. The van der Waals surface area contributed by atoms with Crippen LogP contribution in [0.5, 0.6) is 0 Å². The molecule has 1 saturated heterocycles. The number of hydrogen-bond acceptors (Lipinski definition) is 5. The van der Waals surface area contributed by atoms with Gasteiger partial charge in [0.1, 0.15) is 6.10 Å². The van der Waals surface area contributed by atoms with Gasteiger partial charge in [0.15, 0.2) is 6.10 Å². The summed E-state index contributed by atoms with van der Waals surface area (Å²) >= 11 is 0. The highest BCUT2D eigenvalue weighted by Gasteiger charge is 2.33. The van der Waals surface area contributed by atoms with Gasteiger partial charge in [-0.25, -0.2) is 4.79 Å². The number of ether oxygens (including phenoxy) is 2. The smallest absolute Gasteiger partial charge is 0.405 e. The lowest BCUT2D eigenvalue weighted by Gasteiger charge is -2.27. The van der Waals surface area contributed by atoms with Crippen LogP contribution < -0.4 is 11.1 Å². The fraction of sp³-hybridized carbons (Fsp3) is 0.800. The van der Waals surface area contributed by atoms with Crippen LogP contribution in [0.15, 0.2) is 0 Å². The van der Waals surface area contributed by atoms with Crippen LogP contribution >= 0.6 is 0 Å². The molecule has 2 atom stereocenters. The Labute approximate surface area is 94.5 Å². The largest absolute Gasteiger partial charge is 0.438 e. The molecule has 0 aromatic heterocycles. The SMILES string of the molecule is CC(C)C(OC(N)=O)C(=O)C1CNCCO1. The number of carbonyl (C=O) groups is 2. The first kappa shape index (κ1) is 12.9. The highest BCUT2D eigenvalue weighted by atomic mass is 16.6. The van der Waals surface area contributed by atoms with Crippen molar-refractivity contribution in [3.05, 3.63) is 0 Å². The normalized spacial score (nSPS) is 22.8. The van der Waals surface area contributed by atoms with Gasteiger partial charge < -0.3 is 20.5 Å². The van der Waals surface area contributed by atoms with E-state index in [9.17, 15) is 9.59 Å². The Kier molecular flexibility index (Phi) is 4.70. The zero-order valence-corrected chi connectivity index (χ0v) is 9.56. The third kappa shape index (κ3) is 3.46. The molecule has 2 unspecified atom stereocenters. The van der Waals surface area contributed by atoms with Crippen LogP contribution in [-0.2, 0) is 14.3 Å². The molecule has 6 nitrogen and oxygen atoms in total. The van der Waals surface area contributed by atoms with E-state index in [0.717, 1.165) is 6.54 Å². The van der Waals surface area contributed by atoms with Crippen LogP contribution in [0, 0.1) is 5.92 Å². The van der Waals surface area contributed by atoms with Gasteiger partial charge in [-0.1, -0.05) is 13.8 Å². The highest BCUT2D eigenvalue weighted by molar-refractivity contribution is 5.89. The summed E-state index contributed by atoms with van der Waals surface area (Å²) in [4.78, 5) is 22.7. The molecule has 0 bridgehead atoms. The number of rotatable bonds is 4. The molecule has 0 aliphatic carbocycles. The average Bonchev–Trinajstić information content (AvgIpc) is 2.25. The molecule has 0 radical (unpaired) electrons. The van der Waals surface area contributed by atoms with Crippen molar-refractivity contribution in [3.8, 4) is 0 Å². The number of primary amides is 1. The van der Waals surface area contributed by atoms with Crippen LogP contribution in [0.1, 0.15) is 13.8 Å². The van der Waals surface area contributed by atoms with Crippen molar-refractivity contribution in [1.82, 2.24) is 5.32 Å². The summed E-state index contributed by atoms with van der Waals surface area (Å²) in [6.45, 7) is 5.25. The second kappa shape index (κ2) is 5.81. The minimum atomic E-state index is -0.934. The minimum Gasteiger partial charge on any atom is -0.438 e. The molecular formula is C10H18N2O4. The average molecular weight is 230 g/mol. The maximum Gasteiger partial charge on any atom is 0.405 e. The third-order valence-electron chi connectivity index (χ3n) is 2.37. The molecule has 6 heteroatoms. The van der Waals surface area contributed by atoms with Crippen molar-refractivity contribution < 1.29 is 19.1 Å². The van der Waals surface area contributed by atoms with Crippen LogP contribution in [0.2, 0.25) is 0 Å². The summed E-state index contributed by atoms with van der Waals surface area (Å²) in [6.07, 6.45) is -2.32. The number of morpholine rings is 1. The van der Waals surface area contributed by atoms with Crippen molar-refractivity contribution in [2.24, 2.45) is 11.7 Å². The number of amides is 1. The first-order valence-corrected chi connectivity index (χ1v) is 5.34. The molecule has 1 fully saturated rings.